The molecule has 0 aliphatic carbocycles. The molecule has 1 aliphatic rings. The van der Waals surface area contributed by atoms with Crippen molar-refractivity contribution in [3.63, 3.8) is 0 Å². The molecule has 0 saturated carbocycles. The number of amides is 1. The van der Waals surface area contributed by atoms with E-state index in [-0.39, 0.29) is 5.91 Å². The van der Waals surface area contributed by atoms with Gasteiger partial charge in [0.2, 0.25) is 5.91 Å². The SMILES string of the molecule is CC(=O)N1CCC(NCc2ccc(Cl)c(Cl)c2)CC1. The van der Waals surface area contributed by atoms with Gasteiger partial charge in [-0.05, 0) is 30.5 Å². The van der Waals surface area contributed by atoms with Crippen LogP contribution in [0.15, 0.2) is 18.2 Å². The van der Waals surface area contributed by atoms with Crippen LogP contribution in [0.3, 0.4) is 0 Å². The lowest BCUT2D eigenvalue weighted by Gasteiger charge is -2.31. The molecule has 0 radical (unpaired) electrons. The zero-order valence-corrected chi connectivity index (χ0v) is 12.5. The van der Waals surface area contributed by atoms with Gasteiger partial charge in [0.1, 0.15) is 0 Å². The Labute approximate surface area is 123 Å². The fraction of sp³-hybridized carbons (Fsp3) is 0.500. The van der Waals surface area contributed by atoms with Crippen molar-refractivity contribution in [2.24, 2.45) is 0 Å². The molecule has 0 unspecified atom stereocenters. The van der Waals surface area contributed by atoms with Gasteiger partial charge in [-0.25, -0.2) is 0 Å². The number of carbonyl (C=O) groups is 1. The molecule has 0 aromatic heterocycles. The van der Waals surface area contributed by atoms with Crippen LogP contribution in [-0.4, -0.2) is 29.9 Å². The first-order valence-electron chi connectivity index (χ1n) is 6.49. The van der Waals surface area contributed by atoms with Gasteiger partial charge in [-0.15, -0.1) is 0 Å². The number of nitrogens with zero attached hydrogens (tertiary/aromatic N) is 1. The summed E-state index contributed by atoms with van der Waals surface area (Å²) in [4.78, 5) is 13.1. The number of piperidine rings is 1. The lowest BCUT2D eigenvalue weighted by Crippen LogP contribution is -2.43. The number of rotatable bonds is 3. The smallest absolute Gasteiger partial charge is 0.219 e. The summed E-state index contributed by atoms with van der Waals surface area (Å²) in [5.41, 5.74) is 1.13. The van der Waals surface area contributed by atoms with E-state index < -0.39 is 0 Å². The average Bonchev–Trinajstić information content (AvgIpc) is 2.40. The van der Waals surface area contributed by atoms with Crippen LogP contribution in [0.4, 0.5) is 0 Å². The first kappa shape index (κ1) is 14.6. The van der Waals surface area contributed by atoms with Crippen molar-refractivity contribution < 1.29 is 4.79 Å². The fourth-order valence-corrected chi connectivity index (χ4v) is 2.63. The molecule has 19 heavy (non-hydrogen) atoms. The van der Waals surface area contributed by atoms with Crippen molar-refractivity contribution >= 4 is 29.1 Å². The Balaban J connectivity index is 1.80. The van der Waals surface area contributed by atoms with E-state index in [0.29, 0.717) is 16.1 Å². The molecule has 5 heteroatoms. The van der Waals surface area contributed by atoms with E-state index in [0.717, 1.165) is 38.0 Å². The van der Waals surface area contributed by atoms with Gasteiger partial charge in [-0.2, -0.15) is 0 Å². The molecule has 1 aliphatic heterocycles. The van der Waals surface area contributed by atoms with Crippen LogP contribution < -0.4 is 5.32 Å². The second-order valence-corrected chi connectivity index (χ2v) is 5.72. The van der Waals surface area contributed by atoms with Gasteiger partial charge in [0.25, 0.3) is 0 Å². The topological polar surface area (TPSA) is 32.3 Å². The predicted octanol–water partition coefficient (Wildman–Crippen LogP) is 3.09. The summed E-state index contributed by atoms with van der Waals surface area (Å²) in [6, 6.07) is 6.15. The summed E-state index contributed by atoms with van der Waals surface area (Å²) in [5, 5.41) is 4.68. The Hall–Kier alpha value is -0.770. The zero-order chi connectivity index (χ0) is 13.8. The average molecular weight is 301 g/mol. The van der Waals surface area contributed by atoms with Crippen molar-refractivity contribution in [1.29, 1.82) is 0 Å². The van der Waals surface area contributed by atoms with E-state index in [9.17, 15) is 4.79 Å². The van der Waals surface area contributed by atoms with Crippen LogP contribution in [0, 0.1) is 0 Å². The largest absolute Gasteiger partial charge is 0.343 e. The lowest BCUT2D eigenvalue weighted by molar-refractivity contribution is -0.129. The van der Waals surface area contributed by atoms with E-state index in [4.69, 9.17) is 23.2 Å². The summed E-state index contributed by atoms with van der Waals surface area (Å²) in [6.45, 7) is 4.09. The van der Waals surface area contributed by atoms with Gasteiger partial charge < -0.3 is 10.2 Å². The van der Waals surface area contributed by atoms with E-state index in [1.807, 2.05) is 23.1 Å². The maximum absolute atomic E-state index is 11.2. The third-order valence-corrected chi connectivity index (χ3v) is 4.26. The van der Waals surface area contributed by atoms with Gasteiger partial charge in [-0.1, -0.05) is 29.3 Å². The molecule has 2 rings (SSSR count). The molecule has 1 fully saturated rings. The Morgan fingerprint density at radius 3 is 2.58 bits per heavy atom. The molecule has 1 saturated heterocycles. The van der Waals surface area contributed by atoms with Crippen molar-refractivity contribution in [3.8, 4) is 0 Å². The predicted molar refractivity (Wildman–Crippen MR) is 78.6 cm³/mol. The Morgan fingerprint density at radius 1 is 1.32 bits per heavy atom. The summed E-state index contributed by atoms with van der Waals surface area (Å²) in [5.74, 6) is 0.169. The molecule has 1 heterocycles. The van der Waals surface area contributed by atoms with Crippen LogP contribution in [-0.2, 0) is 11.3 Å². The highest BCUT2D eigenvalue weighted by Crippen LogP contribution is 2.22. The van der Waals surface area contributed by atoms with E-state index >= 15 is 0 Å². The molecule has 104 valence electrons. The van der Waals surface area contributed by atoms with Crippen LogP contribution in [0.5, 0.6) is 0 Å². The highest BCUT2D eigenvalue weighted by atomic mass is 35.5. The van der Waals surface area contributed by atoms with Gasteiger partial charge >= 0.3 is 0 Å². The molecule has 3 nitrogen and oxygen atoms in total. The molecule has 1 aromatic rings. The van der Waals surface area contributed by atoms with Crippen molar-refractivity contribution in [3.05, 3.63) is 33.8 Å². The maximum atomic E-state index is 11.2. The molecular formula is C14H18Cl2N2O. The summed E-state index contributed by atoms with van der Waals surface area (Å²) >= 11 is 11.9. The molecule has 1 N–H and O–H groups in total. The minimum atomic E-state index is 0.169. The molecular weight excluding hydrogens is 283 g/mol. The summed E-state index contributed by atoms with van der Waals surface area (Å²) in [6.07, 6.45) is 2.00. The standard InChI is InChI=1S/C14H18Cl2N2O/c1-10(19)18-6-4-12(5-7-18)17-9-11-2-3-13(15)14(16)8-11/h2-3,8,12,17H,4-7,9H2,1H3. The van der Waals surface area contributed by atoms with E-state index in [1.165, 1.54) is 0 Å². The van der Waals surface area contributed by atoms with Gasteiger partial charge in [0.15, 0.2) is 0 Å². The summed E-state index contributed by atoms with van der Waals surface area (Å²) < 4.78 is 0. The quantitative estimate of drug-likeness (QED) is 0.930. The van der Waals surface area contributed by atoms with Crippen molar-refractivity contribution in [2.75, 3.05) is 13.1 Å². The van der Waals surface area contributed by atoms with Gasteiger partial charge in [0.05, 0.1) is 10.0 Å². The molecule has 0 spiro atoms. The van der Waals surface area contributed by atoms with Crippen LogP contribution >= 0.6 is 23.2 Å². The normalized spacial score (nSPS) is 16.7. The minimum Gasteiger partial charge on any atom is -0.343 e. The van der Waals surface area contributed by atoms with Crippen molar-refractivity contribution in [1.82, 2.24) is 10.2 Å². The molecule has 1 amide bonds. The number of likely N-dealkylation sites (tertiary alicyclic amines) is 1. The van der Waals surface area contributed by atoms with Gasteiger partial charge in [0, 0.05) is 32.6 Å². The van der Waals surface area contributed by atoms with Crippen LogP contribution in [0.1, 0.15) is 25.3 Å². The zero-order valence-electron chi connectivity index (χ0n) is 11.0. The Bertz CT molecular complexity index is 457. The highest BCUT2D eigenvalue weighted by molar-refractivity contribution is 6.42. The number of halogens is 2. The first-order valence-corrected chi connectivity index (χ1v) is 7.24. The van der Waals surface area contributed by atoms with E-state index in [2.05, 4.69) is 5.32 Å². The lowest BCUT2D eigenvalue weighted by atomic mass is 10.0. The van der Waals surface area contributed by atoms with Gasteiger partial charge in [-0.3, -0.25) is 4.79 Å². The second-order valence-electron chi connectivity index (χ2n) is 4.91. The first-order chi connectivity index (χ1) is 9.06. The van der Waals surface area contributed by atoms with E-state index in [1.54, 1.807) is 6.92 Å². The van der Waals surface area contributed by atoms with Crippen molar-refractivity contribution in [2.45, 2.75) is 32.4 Å². The van der Waals surface area contributed by atoms with Crippen LogP contribution in [0.25, 0.3) is 0 Å². The monoisotopic (exact) mass is 300 g/mol. The fourth-order valence-electron chi connectivity index (χ4n) is 2.31. The third kappa shape index (κ3) is 4.10. The maximum Gasteiger partial charge on any atom is 0.219 e. The molecule has 0 bridgehead atoms. The molecule has 1 aromatic carbocycles. The Morgan fingerprint density at radius 2 is 2.00 bits per heavy atom. The number of hydrogen-bond acceptors (Lipinski definition) is 2. The highest BCUT2D eigenvalue weighted by Gasteiger charge is 2.19. The summed E-state index contributed by atoms with van der Waals surface area (Å²) in [7, 11) is 0. The Kier molecular flexibility index (Phi) is 5.08. The number of carbonyl (C=O) groups excluding carboxylic acids is 1. The third-order valence-electron chi connectivity index (χ3n) is 3.52. The number of nitrogens with one attached hydrogen (secondary N) is 1. The number of hydrogen-bond donors (Lipinski definition) is 1. The minimum absolute atomic E-state index is 0.169. The number of benzene rings is 1. The molecule has 0 atom stereocenters. The second kappa shape index (κ2) is 6.60. The van der Waals surface area contributed by atoms with Crippen LogP contribution in [0.2, 0.25) is 10.0 Å².